The standard InChI is InChI=1S/C18H16N2O5/c1-11(21)9-17-15-8-5-13(20(23)24)10-16(15)18(22)19(17)12-3-6-14(25-2)7-4-12/h3-8,10,17H,9H2,1-2H3. The third-order valence-corrected chi connectivity index (χ3v) is 4.20. The summed E-state index contributed by atoms with van der Waals surface area (Å²) in [5.41, 5.74) is 1.35. The Labute approximate surface area is 144 Å². The van der Waals surface area contributed by atoms with Gasteiger partial charge in [-0.15, -0.1) is 0 Å². The molecule has 0 spiro atoms. The summed E-state index contributed by atoms with van der Waals surface area (Å²) in [4.78, 5) is 36.6. The first-order chi connectivity index (χ1) is 11.9. The van der Waals surface area contributed by atoms with Crippen molar-refractivity contribution in [1.29, 1.82) is 0 Å². The number of hydrogen-bond acceptors (Lipinski definition) is 5. The Hall–Kier alpha value is -3.22. The number of Topliss-reactive ketones (excluding diaryl/α,β-unsaturated/α-hetero) is 1. The summed E-state index contributed by atoms with van der Waals surface area (Å²) in [6.07, 6.45) is 0.141. The summed E-state index contributed by atoms with van der Waals surface area (Å²) >= 11 is 0. The number of benzene rings is 2. The minimum Gasteiger partial charge on any atom is -0.497 e. The van der Waals surface area contributed by atoms with Crippen molar-refractivity contribution in [1.82, 2.24) is 0 Å². The van der Waals surface area contributed by atoms with Crippen LogP contribution in [0.4, 0.5) is 11.4 Å². The molecular weight excluding hydrogens is 324 g/mol. The molecule has 0 bridgehead atoms. The lowest BCUT2D eigenvalue weighted by atomic mass is 10.00. The van der Waals surface area contributed by atoms with Gasteiger partial charge in [0.15, 0.2) is 0 Å². The quantitative estimate of drug-likeness (QED) is 0.615. The maximum atomic E-state index is 12.9. The predicted octanol–water partition coefficient (Wildman–Crippen LogP) is 3.28. The first kappa shape index (κ1) is 16.6. The smallest absolute Gasteiger partial charge is 0.270 e. The first-order valence-electron chi connectivity index (χ1n) is 7.67. The summed E-state index contributed by atoms with van der Waals surface area (Å²) in [5.74, 6) is 0.226. The van der Waals surface area contributed by atoms with E-state index in [2.05, 4.69) is 0 Å². The van der Waals surface area contributed by atoms with E-state index in [-0.39, 0.29) is 29.4 Å². The molecule has 1 aliphatic rings. The zero-order valence-electron chi connectivity index (χ0n) is 13.8. The molecular formula is C18H16N2O5. The van der Waals surface area contributed by atoms with Gasteiger partial charge in [-0.05, 0) is 42.8 Å². The van der Waals surface area contributed by atoms with Crippen molar-refractivity contribution in [3.05, 3.63) is 63.7 Å². The van der Waals surface area contributed by atoms with E-state index < -0.39 is 11.0 Å². The van der Waals surface area contributed by atoms with Crippen LogP contribution in [0.25, 0.3) is 0 Å². The predicted molar refractivity (Wildman–Crippen MR) is 90.9 cm³/mol. The molecule has 0 aliphatic carbocycles. The molecule has 2 aromatic carbocycles. The van der Waals surface area contributed by atoms with Crippen LogP contribution in [-0.4, -0.2) is 23.7 Å². The molecule has 0 saturated heterocycles. The van der Waals surface area contributed by atoms with Crippen molar-refractivity contribution in [2.45, 2.75) is 19.4 Å². The van der Waals surface area contributed by atoms with Crippen molar-refractivity contribution < 1.29 is 19.2 Å². The number of anilines is 1. The number of fused-ring (bicyclic) bond motifs is 1. The second-order valence-electron chi connectivity index (χ2n) is 5.82. The van der Waals surface area contributed by atoms with Crippen LogP contribution in [-0.2, 0) is 4.79 Å². The van der Waals surface area contributed by atoms with E-state index in [1.165, 1.54) is 24.0 Å². The molecule has 7 nitrogen and oxygen atoms in total. The fraction of sp³-hybridized carbons (Fsp3) is 0.222. The SMILES string of the molecule is COc1ccc(N2C(=O)c3cc([N+](=O)[O-])ccc3C2CC(C)=O)cc1. The third-order valence-electron chi connectivity index (χ3n) is 4.20. The summed E-state index contributed by atoms with van der Waals surface area (Å²) in [5, 5.41) is 11.0. The van der Waals surface area contributed by atoms with Crippen molar-refractivity contribution in [2.24, 2.45) is 0 Å². The Balaban J connectivity index is 2.08. The fourth-order valence-electron chi connectivity index (χ4n) is 3.06. The number of rotatable bonds is 5. The monoisotopic (exact) mass is 340 g/mol. The van der Waals surface area contributed by atoms with Gasteiger partial charge >= 0.3 is 0 Å². The highest BCUT2D eigenvalue weighted by Crippen LogP contribution is 2.41. The van der Waals surface area contributed by atoms with Crippen LogP contribution < -0.4 is 9.64 Å². The molecule has 0 radical (unpaired) electrons. The number of nitro benzene ring substituents is 1. The van der Waals surface area contributed by atoms with Gasteiger partial charge < -0.3 is 9.64 Å². The molecule has 1 atom stereocenters. The second-order valence-corrected chi connectivity index (χ2v) is 5.82. The van der Waals surface area contributed by atoms with E-state index in [0.29, 0.717) is 17.0 Å². The van der Waals surface area contributed by atoms with Crippen molar-refractivity contribution in [3.8, 4) is 5.75 Å². The molecule has 1 heterocycles. The highest BCUT2D eigenvalue weighted by Gasteiger charge is 2.39. The number of methoxy groups -OCH3 is 1. The number of non-ortho nitro benzene ring substituents is 1. The molecule has 0 fully saturated rings. The van der Waals surface area contributed by atoms with Gasteiger partial charge in [-0.1, -0.05) is 0 Å². The molecule has 2 aromatic rings. The lowest BCUT2D eigenvalue weighted by Gasteiger charge is -2.25. The zero-order chi connectivity index (χ0) is 18.1. The van der Waals surface area contributed by atoms with Crippen LogP contribution in [0, 0.1) is 10.1 Å². The molecule has 0 N–H and O–H groups in total. The first-order valence-corrected chi connectivity index (χ1v) is 7.67. The average Bonchev–Trinajstić information content (AvgIpc) is 2.86. The number of nitrogens with zero attached hydrogens (tertiary/aromatic N) is 2. The molecule has 128 valence electrons. The topological polar surface area (TPSA) is 89.8 Å². The van der Waals surface area contributed by atoms with E-state index in [1.807, 2.05) is 0 Å². The van der Waals surface area contributed by atoms with Crippen molar-refractivity contribution in [3.63, 3.8) is 0 Å². The van der Waals surface area contributed by atoms with Gasteiger partial charge in [-0.2, -0.15) is 0 Å². The van der Waals surface area contributed by atoms with Gasteiger partial charge in [-0.3, -0.25) is 19.7 Å². The van der Waals surface area contributed by atoms with E-state index in [9.17, 15) is 19.7 Å². The third kappa shape index (κ3) is 2.96. The van der Waals surface area contributed by atoms with E-state index in [1.54, 1.807) is 37.4 Å². The molecule has 7 heteroatoms. The second kappa shape index (κ2) is 6.35. The number of carbonyl (C=O) groups excluding carboxylic acids is 2. The van der Waals surface area contributed by atoms with Gasteiger partial charge in [0.05, 0.1) is 23.6 Å². The number of nitro groups is 1. The van der Waals surface area contributed by atoms with E-state index in [4.69, 9.17) is 4.74 Å². The highest BCUT2D eigenvalue weighted by molar-refractivity contribution is 6.12. The summed E-state index contributed by atoms with van der Waals surface area (Å²) < 4.78 is 5.12. The lowest BCUT2D eigenvalue weighted by molar-refractivity contribution is -0.384. The number of ketones is 1. The molecule has 1 amide bonds. The Kier molecular flexibility index (Phi) is 4.22. The molecule has 3 rings (SSSR count). The van der Waals surface area contributed by atoms with Gasteiger partial charge in [0.25, 0.3) is 11.6 Å². The van der Waals surface area contributed by atoms with Crippen LogP contribution in [0.5, 0.6) is 5.75 Å². The number of carbonyl (C=O) groups is 2. The normalized spacial score (nSPS) is 15.8. The largest absolute Gasteiger partial charge is 0.497 e. The van der Waals surface area contributed by atoms with Crippen LogP contribution in [0.15, 0.2) is 42.5 Å². The minimum absolute atomic E-state index is 0.0671. The highest BCUT2D eigenvalue weighted by atomic mass is 16.6. The zero-order valence-corrected chi connectivity index (χ0v) is 13.8. The van der Waals surface area contributed by atoms with Crippen LogP contribution in [0.3, 0.4) is 0 Å². The van der Waals surface area contributed by atoms with Crippen molar-refractivity contribution in [2.75, 3.05) is 12.0 Å². The Morgan fingerprint density at radius 1 is 1.24 bits per heavy atom. The maximum Gasteiger partial charge on any atom is 0.270 e. The fourth-order valence-corrected chi connectivity index (χ4v) is 3.06. The summed E-state index contributed by atoms with van der Waals surface area (Å²) in [7, 11) is 1.55. The van der Waals surface area contributed by atoms with Crippen LogP contribution >= 0.6 is 0 Å². The molecule has 1 unspecified atom stereocenters. The average molecular weight is 340 g/mol. The summed E-state index contributed by atoms with van der Waals surface area (Å²) in [6.45, 7) is 1.46. The Bertz CT molecular complexity index is 860. The van der Waals surface area contributed by atoms with Gasteiger partial charge in [0.1, 0.15) is 11.5 Å². The van der Waals surface area contributed by atoms with Gasteiger partial charge in [0, 0.05) is 24.2 Å². The molecule has 25 heavy (non-hydrogen) atoms. The van der Waals surface area contributed by atoms with Crippen LogP contribution in [0.1, 0.15) is 35.3 Å². The minimum atomic E-state index is -0.538. The van der Waals surface area contributed by atoms with E-state index in [0.717, 1.165) is 0 Å². The molecule has 1 aliphatic heterocycles. The number of amides is 1. The van der Waals surface area contributed by atoms with Gasteiger partial charge in [-0.25, -0.2) is 0 Å². The summed E-state index contributed by atoms with van der Waals surface area (Å²) in [6, 6.07) is 10.6. The molecule has 0 saturated carbocycles. The van der Waals surface area contributed by atoms with Crippen molar-refractivity contribution >= 4 is 23.1 Å². The van der Waals surface area contributed by atoms with Gasteiger partial charge in [0.2, 0.25) is 0 Å². The Morgan fingerprint density at radius 3 is 2.48 bits per heavy atom. The Morgan fingerprint density at radius 2 is 1.92 bits per heavy atom. The number of ether oxygens (including phenoxy) is 1. The van der Waals surface area contributed by atoms with Crippen LogP contribution in [0.2, 0.25) is 0 Å². The lowest BCUT2D eigenvalue weighted by Crippen LogP contribution is -2.28. The number of hydrogen-bond donors (Lipinski definition) is 0. The molecule has 0 aromatic heterocycles. The van der Waals surface area contributed by atoms with E-state index >= 15 is 0 Å². The maximum absolute atomic E-state index is 12.9.